The number of hydrogen-bond acceptors (Lipinski definition) is 2. The van der Waals surface area contributed by atoms with Crippen LogP contribution in [0.4, 0.5) is 0 Å². The van der Waals surface area contributed by atoms with Crippen LogP contribution in [0.25, 0.3) is 27.7 Å². The summed E-state index contributed by atoms with van der Waals surface area (Å²) in [4.78, 5) is 1.71. The second-order valence-electron chi connectivity index (χ2n) is 5.38. The minimum Gasteiger partial charge on any atom is -0.156 e. The minimum absolute atomic E-state index is 0.882. The van der Waals surface area contributed by atoms with Crippen molar-refractivity contribution >= 4 is 10.8 Å². The molecule has 0 atom stereocenters. The summed E-state index contributed by atoms with van der Waals surface area (Å²) in [5, 5.41) is 11.4. The third kappa shape index (κ3) is 2.17. The van der Waals surface area contributed by atoms with E-state index in [9.17, 15) is 0 Å². The lowest BCUT2D eigenvalue weighted by molar-refractivity contribution is 0.759. The molecular weight excluding hydrogens is 270 g/mol. The lowest BCUT2D eigenvalue weighted by atomic mass is 10.1. The SMILES string of the molecule is Cc1ccc(-c2cnn(-c3cccc4ccccc34)n2)cc1. The summed E-state index contributed by atoms with van der Waals surface area (Å²) in [6, 6.07) is 22.8. The molecule has 0 fully saturated rings. The zero-order chi connectivity index (χ0) is 14.9. The molecule has 0 radical (unpaired) electrons. The van der Waals surface area contributed by atoms with E-state index in [0.717, 1.165) is 22.3 Å². The fourth-order valence-electron chi connectivity index (χ4n) is 2.62. The highest BCUT2D eigenvalue weighted by Gasteiger charge is 2.07. The van der Waals surface area contributed by atoms with Gasteiger partial charge in [-0.1, -0.05) is 66.2 Å². The van der Waals surface area contributed by atoms with E-state index in [1.54, 1.807) is 4.80 Å². The predicted octanol–water partition coefficient (Wildman–Crippen LogP) is 4.40. The molecule has 4 rings (SSSR count). The van der Waals surface area contributed by atoms with Gasteiger partial charge in [0.2, 0.25) is 0 Å². The smallest absolute Gasteiger partial charge is 0.113 e. The molecule has 0 saturated carbocycles. The summed E-state index contributed by atoms with van der Waals surface area (Å²) < 4.78 is 0. The molecule has 1 heterocycles. The van der Waals surface area contributed by atoms with Crippen molar-refractivity contribution in [1.82, 2.24) is 15.0 Å². The van der Waals surface area contributed by atoms with Crippen LogP contribution in [0, 0.1) is 6.92 Å². The first-order chi connectivity index (χ1) is 10.8. The largest absolute Gasteiger partial charge is 0.156 e. The fraction of sp³-hybridized carbons (Fsp3) is 0.0526. The van der Waals surface area contributed by atoms with Gasteiger partial charge in [-0.3, -0.25) is 0 Å². The van der Waals surface area contributed by atoms with E-state index in [1.165, 1.54) is 10.9 Å². The molecule has 4 aromatic rings. The van der Waals surface area contributed by atoms with E-state index < -0.39 is 0 Å². The molecule has 3 aromatic carbocycles. The molecule has 1 aromatic heterocycles. The van der Waals surface area contributed by atoms with Gasteiger partial charge in [0.15, 0.2) is 0 Å². The quantitative estimate of drug-likeness (QED) is 0.546. The van der Waals surface area contributed by atoms with Crippen molar-refractivity contribution in [2.75, 3.05) is 0 Å². The molecule has 0 saturated heterocycles. The van der Waals surface area contributed by atoms with Crippen LogP contribution < -0.4 is 0 Å². The van der Waals surface area contributed by atoms with Crippen molar-refractivity contribution in [3.05, 3.63) is 78.5 Å². The molecule has 3 nitrogen and oxygen atoms in total. The number of nitrogens with zero attached hydrogens (tertiary/aromatic N) is 3. The van der Waals surface area contributed by atoms with Crippen LogP contribution in [0.3, 0.4) is 0 Å². The molecule has 0 aliphatic heterocycles. The van der Waals surface area contributed by atoms with Crippen LogP contribution in [-0.2, 0) is 0 Å². The van der Waals surface area contributed by atoms with Gasteiger partial charge in [-0.2, -0.15) is 9.90 Å². The third-order valence-corrected chi connectivity index (χ3v) is 3.82. The molecule has 0 amide bonds. The van der Waals surface area contributed by atoms with Crippen molar-refractivity contribution in [2.24, 2.45) is 0 Å². The van der Waals surface area contributed by atoms with E-state index in [2.05, 4.69) is 59.6 Å². The maximum absolute atomic E-state index is 4.64. The summed E-state index contributed by atoms with van der Waals surface area (Å²) in [5.74, 6) is 0. The third-order valence-electron chi connectivity index (χ3n) is 3.82. The highest BCUT2D eigenvalue weighted by molar-refractivity contribution is 5.89. The zero-order valence-electron chi connectivity index (χ0n) is 12.3. The first-order valence-corrected chi connectivity index (χ1v) is 7.29. The summed E-state index contributed by atoms with van der Waals surface area (Å²) >= 11 is 0. The summed E-state index contributed by atoms with van der Waals surface area (Å²) in [5.41, 5.74) is 4.20. The monoisotopic (exact) mass is 285 g/mol. The van der Waals surface area contributed by atoms with Gasteiger partial charge < -0.3 is 0 Å². The average molecular weight is 285 g/mol. The van der Waals surface area contributed by atoms with E-state index in [-0.39, 0.29) is 0 Å². The first kappa shape index (κ1) is 12.8. The van der Waals surface area contributed by atoms with Crippen LogP contribution in [0.1, 0.15) is 5.56 Å². The van der Waals surface area contributed by atoms with E-state index in [1.807, 2.05) is 30.5 Å². The molecule has 0 unspecified atom stereocenters. The Morgan fingerprint density at radius 2 is 1.59 bits per heavy atom. The van der Waals surface area contributed by atoms with Crippen molar-refractivity contribution in [1.29, 1.82) is 0 Å². The van der Waals surface area contributed by atoms with Crippen LogP contribution in [0.5, 0.6) is 0 Å². The summed E-state index contributed by atoms with van der Waals surface area (Å²) in [6.45, 7) is 2.08. The Morgan fingerprint density at radius 1 is 0.818 bits per heavy atom. The van der Waals surface area contributed by atoms with Crippen molar-refractivity contribution in [2.45, 2.75) is 6.92 Å². The van der Waals surface area contributed by atoms with Crippen LogP contribution in [-0.4, -0.2) is 15.0 Å². The Hall–Kier alpha value is -2.94. The Kier molecular flexibility index (Phi) is 2.97. The summed E-state index contributed by atoms with van der Waals surface area (Å²) in [7, 11) is 0. The number of fused-ring (bicyclic) bond motifs is 1. The molecule has 0 aliphatic rings. The van der Waals surface area contributed by atoms with Gasteiger partial charge in [-0.15, -0.1) is 5.10 Å². The van der Waals surface area contributed by atoms with Gasteiger partial charge in [0, 0.05) is 10.9 Å². The number of rotatable bonds is 2. The van der Waals surface area contributed by atoms with Crippen molar-refractivity contribution in [3.63, 3.8) is 0 Å². The second-order valence-corrected chi connectivity index (χ2v) is 5.38. The van der Waals surface area contributed by atoms with E-state index >= 15 is 0 Å². The molecule has 0 bridgehead atoms. The molecule has 0 N–H and O–H groups in total. The topological polar surface area (TPSA) is 30.7 Å². The van der Waals surface area contributed by atoms with E-state index in [0.29, 0.717) is 0 Å². The standard InChI is InChI=1S/C19H15N3/c1-14-9-11-16(12-10-14)18-13-20-22(21-18)19-8-4-6-15-5-2-3-7-17(15)19/h2-13H,1H3. The molecule has 106 valence electrons. The minimum atomic E-state index is 0.882. The first-order valence-electron chi connectivity index (χ1n) is 7.29. The number of aryl methyl sites for hydroxylation is 1. The highest BCUT2D eigenvalue weighted by atomic mass is 15.5. The fourth-order valence-corrected chi connectivity index (χ4v) is 2.62. The maximum atomic E-state index is 4.64. The van der Waals surface area contributed by atoms with Gasteiger partial charge in [-0.05, 0) is 18.4 Å². The lowest BCUT2D eigenvalue weighted by Gasteiger charge is -2.04. The Labute approximate surface area is 128 Å². The second kappa shape index (κ2) is 5.11. The number of aromatic nitrogens is 3. The Balaban J connectivity index is 1.82. The van der Waals surface area contributed by atoms with Crippen molar-refractivity contribution in [3.8, 4) is 16.9 Å². The van der Waals surface area contributed by atoms with Gasteiger partial charge in [-0.25, -0.2) is 0 Å². The molecule has 22 heavy (non-hydrogen) atoms. The van der Waals surface area contributed by atoms with Gasteiger partial charge in [0.1, 0.15) is 5.69 Å². The van der Waals surface area contributed by atoms with Gasteiger partial charge in [0.05, 0.1) is 11.9 Å². The maximum Gasteiger partial charge on any atom is 0.113 e. The van der Waals surface area contributed by atoms with Crippen LogP contribution in [0.15, 0.2) is 72.9 Å². The van der Waals surface area contributed by atoms with Gasteiger partial charge >= 0.3 is 0 Å². The summed E-state index contributed by atoms with van der Waals surface area (Å²) in [6.07, 6.45) is 1.81. The zero-order valence-corrected chi connectivity index (χ0v) is 12.3. The average Bonchev–Trinajstić information content (AvgIpc) is 3.05. The number of hydrogen-bond donors (Lipinski definition) is 0. The van der Waals surface area contributed by atoms with Crippen molar-refractivity contribution < 1.29 is 0 Å². The Morgan fingerprint density at radius 3 is 2.45 bits per heavy atom. The van der Waals surface area contributed by atoms with Crippen LogP contribution in [0.2, 0.25) is 0 Å². The van der Waals surface area contributed by atoms with Crippen LogP contribution >= 0.6 is 0 Å². The highest BCUT2D eigenvalue weighted by Crippen LogP contribution is 2.23. The van der Waals surface area contributed by atoms with Gasteiger partial charge in [0.25, 0.3) is 0 Å². The number of benzene rings is 3. The molecular formula is C19H15N3. The molecule has 0 aliphatic carbocycles. The molecule has 0 spiro atoms. The normalized spacial score (nSPS) is 11.0. The predicted molar refractivity (Wildman–Crippen MR) is 89.0 cm³/mol. The Bertz CT molecular complexity index is 931. The molecule has 3 heteroatoms. The lowest BCUT2D eigenvalue weighted by Crippen LogP contribution is -1.99. The van der Waals surface area contributed by atoms with E-state index in [4.69, 9.17) is 0 Å².